The predicted molar refractivity (Wildman–Crippen MR) is 83.8 cm³/mol. The fraction of sp³-hybridized carbons (Fsp3) is 0.154. The summed E-state index contributed by atoms with van der Waals surface area (Å²) in [6.07, 6.45) is 1.74. The summed E-state index contributed by atoms with van der Waals surface area (Å²) in [7, 11) is -3.64. The zero-order chi connectivity index (χ0) is 14.6. The molecule has 0 unspecified atom stereocenters. The first-order valence-electron chi connectivity index (χ1n) is 5.80. The monoisotopic (exact) mass is 373 g/mol. The Labute approximate surface area is 131 Å². The minimum Gasteiger partial charge on any atom is -0.382 e. The van der Waals surface area contributed by atoms with E-state index in [9.17, 15) is 8.42 Å². The van der Waals surface area contributed by atoms with Crippen LogP contribution in [0.4, 0.5) is 0 Å². The van der Waals surface area contributed by atoms with Crippen LogP contribution in [-0.2, 0) is 16.7 Å². The van der Waals surface area contributed by atoms with Crippen LogP contribution in [0.25, 0.3) is 0 Å². The lowest BCUT2D eigenvalue weighted by atomic mass is 10.3. The molecule has 7 heteroatoms. The largest absolute Gasteiger partial charge is 0.382 e. The van der Waals surface area contributed by atoms with Gasteiger partial charge in [0.2, 0.25) is 0 Å². The molecule has 1 aromatic carbocycles. The summed E-state index contributed by atoms with van der Waals surface area (Å²) in [5, 5.41) is 0. The minimum absolute atomic E-state index is 0.146. The second kappa shape index (κ2) is 6.51. The Bertz CT molecular complexity index is 742. The van der Waals surface area contributed by atoms with Gasteiger partial charge in [-0.2, -0.15) is 8.42 Å². The highest BCUT2D eigenvalue weighted by Gasteiger charge is 2.13. The lowest BCUT2D eigenvalue weighted by Gasteiger charge is -2.09. The molecular weight excluding hydrogens is 362 g/mol. The zero-order valence-corrected chi connectivity index (χ0v) is 13.6. The molecule has 1 aromatic heterocycles. The summed E-state index contributed by atoms with van der Waals surface area (Å²) >= 11 is 8.51. The molecule has 0 bridgehead atoms. The van der Waals surface area contributed by atoms with Gasteiger partial charge in [0, 0.05) is 12.7 Å². The minimum atomic E-state index is -3.64. The van der Waals surface area contributed by atoms with E-state index >= 15 is 0 Å². The molecule has 0 aliphatic heterocycles. The summed E-state index contributed by atoms with van der Waals surface area (Å²) in [6, 6.07) is 12.0. The number of rotatable bonds is 5. The third-order valence-electron chi connectivity index (χ3n) is 2.52. The molecule has 1 heterocycles. The van der Waals surface area contributed by atoms with Crippen LogP contribution in [0, 0.1) is 4.64 Å². The van der Waals surface area contributed by atoms with Crippen LogP contribution in [0.3, 0.4) is 0 Å². The molecular formula is C13H12BrNO3S2. The quantitative estimate of drug-likeness (QED) is 0.595. The van der Waals surface area contributed by atoms with Crippen molar-refractivity contribution in [3.63, 3.8) is 0 Å². The Hall–Kier alpha value is -1.18. The lowest BCUT2D eigenvalue weighted by molar-refractivity contribution is 0.481. The number of hydrogen-bond donors (Lipinski definition) is 0. The van der Waals surface area contributed by atoms with Crippen molar-refractivity contribution in [3.05, 3.63) is 57.8 Å². The van der Waals surface area contributed by atoms with Crippen LogP contribution in [0.5, 0.6) is 5.75 Å². The fourth-order valence-electron chi connectivity index (χ4n) is 1.56. The van der Waals surface area contributed by atoms with Crippen LogP contribution in [0.1, 0.15) is 0 Å². The van der Waals surface area contributed by atoms with Gasteiger partial charge in [0.25, 0.3) is 0 Å². The van der Waals surface area contributed by atoms with Gasteiger partial charge < -0.3 is 8.75 Å². The SMILES string of the molecule is O=S(=O)(CCn1cccc(Br)c1=S)Oc1ccccc1. The maximum atomic E-state index is 11.9. The maximum Gasteiger partial charge on any atom is 0.310 e. The zero-order valence-electron chi connectivity index (χ0n) is 10.4. The van der Waals surface area contributed by atoms with Crippen molar-refractivity contribution in [2.45, 2.75) is 6.54 Å². The topological polar surface area (TPSA) is 48.3 Å². The molecule has 2 rings (SSSR count). The first-order chi connectivity index (χ1) is 9.48. The third kappa shape index (κ3) is 4.16. The summed E-state index contributed by atoms with van der Waals surface area (Å²) < 4.78 is 31.8. The fourth-order valence-corrected chi connectivity index (χ4v) is 3.07. The molecule has 106 valence electrons. The average molecular weight is 374 g/mol. The van der Waals surface area contributed by atoms with Gasteiger partial charge in [0.15, 0.2) is 0 Å². The molecule has 0 saturated carbocycles. The molecule has 0 N–H and O–H groups in total. The van der Waals surface area contributed by atoms with Crippen molar-refractivity contribution in [3.8, 4) is 5.75 Å². The Kier molecular flexibility index (Phi) is 4.95. The summed E-state index contributed by atoms with van der Waals surface area (Å²) in [4.78, 5) is 0. The predicted octanol–water partition coefficient (Wildman–Crippen LogP) is 3.39. The summed E-state index contributed by atoms with van der Waals surface area (Å²) in [5.74, 6) is 0.164. The van der Waals surface area contributed by atoms with Gasteiger partial charge >= 0.3 is 10.1 Å². The number of aromatic nitrogens is 1. The molecule has 0 aliphatic rings. The smallest absolute Gasteiger partial charge is 0.310 e. The molecule has 2 aromatic rings. The van der Waals surface area contributed by atoms with Crippen molar-refractivity contribution in [1.82, 2.24) is 4.57 Å². The number of nitrogens with zero attached hydrogens (tertiary/aromatic N) is 1. The van der Waals surface area contributed by atoms with Crippen LogP contribution < -0.4 is 4.18 Å². The van der Waals surface area contributed by atoms with Gasteiger partial charge in [-0.25, -0.2) is 0 Å². The van der Waals surface area contributed by atoms with Crippen molar-refractivity contribution in [1.29, 1.82) is 0 Å². The summed E-state index contributed by atoms with van der Waals surface area (Å²) in [6.45, 7) is 0.243. The van der Waals surface area contributed by atoms with Gasteiger partial charge in [-0.3, -0.25) is 0 Å². The van der Waals surface area contributed by atoms with Crippen molar-refractivity contribution < 1.29 is 12.6 Å². The number of benzene rings is 1. The van der Waals surface area contributed by atoms with Crippen LogP contribution in [0.15, 0.2) is 53.1 Å². The van der Waals surface area contributed by atoms with E-state index in [1.165, 1.54) is 0 Å². The van der Waals surface area contributed by atoms with E-state index in [1.807, 2.05) is 6.07 Å². The Balaban J connectivity index is 2.06. The summed E-state index contributed by atoms with van der Waals surface area (Å²) in [5.41, 5.74) is 0. The standard InChI is InChI=1S/C13H12BrNO3S2/c14-12-7-4-8-15(13(12)19)9-10-20(16,17)18-11-5-2-1-3-6-11/h1-8H,9-10H2. The van der Waals surface area contributed by atoms with E-state index in [2.05, 4.69) is 15.9 Å². The number of hydrogen-bond acceptors (Lipinski definition) is 4. The van der Waals surface area contributed by atoms with Gasteiger partial charge in [-0.05, 0) is 40.2 Å². The van der Waals surface area contributed by atoms with Gasteiger partial charge in [-0.15, -0.1) is 0 Å². The molecule has 0 amide bonds. The van der Waals surface area contributed by atoms with E-state index in [-0.39, 0.29) is 12.3 Å². The van der Waals surface area contributed by atoms with E-state index < -0.39 is 10.1 Å². The third-order valence-corrected chi connectivity index (χ3v) is 5.01. The molecule has 0 aliphatic carbocycles. The van der Waals surface area contributed by atoms with E-state index in [0.717, 1.165) is 4.47 Å². The molecule has 20 heavy (non-hydrogen) atoms. The molecule has 0 fully saturated rings. The van der Waals surface area contributed by atoms with Gasteiger partial charge in [0.05, 0.1) is 4.47 Å². The lowest BCUT2D eigenvalue weighted by Crippen LogP contribution is -2.18. The molecule has 0 saturated heterocycles. The van der Waals surface area contributed by atoms with E-state index in [0.29, 0.717) is 10.4 Å². The van der Waals surface area contributed by atoms with Crippen molar-refractivity contribution >= 4 is 38.3 Å². The highest BCUT2D eigenvalue weighted by molar-refractivity contribution is 9.10. The highest BCUT2D eigenvalue weighted by atomic mass is 79.9. The van der Waals surface area contributed by atoms with Gasteiger partial charge in [-0.1, -0.05) is 30.4 Å². The Morgan fingerprint density at radius 1 is 1.15 bits per heavy atom. The van der Waals surface area contributed by atoms with E-state index in [1.54, 1.807) is 47.2 Å². The molecule has 0 radical (unpaired) electrons. The normalized spacial score (nSPS) is 11.2. The first-order valence-corrected chi connectivity index (χ1v) is 8.58. The van der Waals surface area contributed by atoms with E-state index in [4.69, 9.17) is 16.4 Å². The van der Waals surface area contributed by atoms with Crippen LogP contribution in [-0.4, -0.2) is 18.7 Å². The molecule has 0 spiro atoms. The Morgan fingerprint density at radius 2 is 1.85 bits per heavy atom. The number of aryl methyl sites for hydroxylation is 1. The number of pyridine rings is 1. The maximum absolute atomic E-state index is 11.9. The highest BCUT2D eigenvalue weighted by Crippen LogP contribution is 2.14. The van der Waals surface area contributed by atoms with Crippen LogP contribution in [0.2, 0.25) is 0 Å². The first kappa shape index (κ1) is 15.2. The van der Waals surface area contributed by atoms with Crippen molar-refractivity contribution in [2.24, 2.45) is 0 Å². The second-order valence-corrected chi connectivity index (χ2v) is 6.94. The molecule has 4 nitrogen and oxygen atoms in total. The average Bonchev–Trinajstić information content (AvgIpc) is 2.41. The molecule has 0 atom stereocenters. The number of halogens is 1. The Morgan fingerprint density at radius 3 is 2.55 bits per heavy atom. The van der Waals surface area contributed by atoms with Crippen LogP contribution >= 0.6 is 28.1 Å². The second-order valence-electron chi connectivity index (χ2n) is 4.01. The number of para-hydroxylation sites is 1. The van der Waals surface area contributed by atoms with Gasteiger partial charge in [0.1, 0.15) is 16.1 Å². The van der Waals surface area contributed by atoms with Crippen molar-refractivity contribution in [2.75, 3.05) is 5.75 Å².